The zero-order valence-electron chi connectivity index (χ0n) is 11.5. The Balaban J connectivity index is 1.79. The highest BCUT2D eigenvalue weighted by molar-refractivity contribution is 5.97. The minimum absolute atomic E-state index is 0.0275. The lowest BCUT2D eigenvalue weighted by Crippen LogP contribution is -2.47. The molecule has 0 radical (unpaired) electrons. The minimum atomic E-state index is 0.0275. The van der Waals surface area contributed by atoms with Crippen molar-refractivity contribution in [2.45, 2.75) is 51.0 Å². The molecule has 1 aromatic heterocycles. The fourth-order valence-electron chi connectivity index (χ4n) is 3.31. The molecule has 102 valence electrons. The van der Waals surface area contributed by atoms with Gasteiger partial charge in [-0.15, -0.1) is 0 Å². The van der Waals surface area contributed by atoms with Crippen molar-refractivity contribution in [2.75, 3.05) is 6.61 Å². The van der Waals surface area contributed by atoms with Gasteiger partial charge in [0.25, 0.3) is 0 Å². The second-order valence-corrected chi connectivity index (χ2v) is 5.80. The summed E-state index contributed by atoms with van der Waals surface area (Å²) in [5, 5.41) is 0. The van der Waals surface area contributed by atoms with E-state index in [1.807, 2.05) is 12.1 Å². The van der Waals surface area contributed by atoms with Gasteiger partial charge in [-0.25, -0.2) is 0 Å². The molecule has 3 nitrogen and oxygen atoms in total. The number of Topliss-reactive ketones (excluding diaryl/α,β-unsaturated/α-hetero) is 1. The maximum absolute atomic E-state index is 12.7. The van der Waals surface area contributed by atoms with Crippen LogP contribution in [0.3, 0.4) is 0 Å². The summed E-state index contributed by atoms with van der Waals surface area (Å²) in [6.45, 7) is 2.80. The molecule has 3 rings (SSSR count). The summed E-state index contributed by atoms with van der Waals surface area (Å²) in [7, 11) is 0. The molecule has 2 heterocycles. The summed E-state index contributed by atoms with van der Waals surface area (Å²) in [6, 6.07) is 3.92. The van der Waals surface area contributed by atoms with Gasteiger partial charge in [0.1, 0.15) is 5.69 Å². The Labute approximate surface area is 114 Å². The highest BCUT2D eigenvalue weighted by atomic mass is 16.5. The standard InChI is InChI=1S/C16H21NO2/c1-2-12-5-3-9-17-14(12)15(18)13-6-10-19-16(11-13)7-4-8-16/h3,5,9,13H,2,4,6-8,10-11H2,1H3. The van der Waals surface area contributed by atoms with Crippen molar-refractivity contribution in [3.8, 4) is 0 Å². The Hall–Kier alpha value is -1.22. The number of nitrogens with zero attached hydrogens (tertiary/aromatic N) is 1. The Kier molecular flexibility index (Phi) is 3.40. The molecule has 3 heteroatoms. The first-order valence-corrected chi connectivity index (χ1v) is 7.36. The number of carbonyl (C=O) groups excluding carboxylic acids is 1. The first-order chi connectivity index (χ1) is 9.24. The van der Waals surface area contributed by atoms with Crippen LogP contribution in [0.15, 0.2) is 18.3 Å². The molecule has 19 heavy (non-hydrogen) atoms. The van der Waals surface area contributed by atoms with Crippen LogP contribution in [-0.2, 0) is 11.2 Å². The van der Waals surface area contributed by atoms with E-state index in [0.717, 1.165) is 44.3 Å². The molecule has 1 unspecified atom stereocenters. The molecule has 1 aliphatic carbocycles. The van der Waals surface area contributed by atoms with Crippen molar-refractivity contribution in [3.63, 3.8) is 0 Å². The topological polar surface area (TPSA) is 39.2 Å². The molecule has 0 amide bonds. The average molecular weight is 259 g/mol. The van der Waals surface area contributed by atoms with Crippen LogP contribution in [0.2, 0.25) is 0 Å². The first kappa shape index (κ1) is 12.8. The van der Waals surface area contributed by atoms with E-state index in [4.69, 9.17) is 4.74 Å². The van der Waals surface area contributed by atoms with E-state index in [2.05, 4.69) is 11.9 Å². The van der Waals surface area contributed by atoms with Crippen LogP contribution in [0.1, 0.15) is 55.1 Å². The lowest BCUT2D eigenvalue weighted by atomic mass is 9.70. The third-order valence-corrected chi connectivity index (χ3v) is 4.63. The van der Waals surface area contributed by atoms with Crippen LogP contribution in [-0.4, -0.2) is 23.0 Å². The molecule has 1 spiro atoms. The molecular weight excluding hydrogens is 238 g/mol. The van der Waals surface area contributed by atoms with Crippen LogP contribution in [0.4, 0.5) is 0 Å². The predicted octanol–water partition coefficient (Wildman–Crippen LogP) is 3.18. The van der Waals surface area contributed by atoms with Gasteiger partial charge in [0, 0.05) is 18.7 Å². The van der Waals surface area contributed by atoms with E-state index in [1.54, 1.807) is 6.20 Å². The molecule has 2 aliphatic rings. The van der Waals surface area contributed by atoms with Gasteiger partial charge in [-0.1, -0.05) is 13.0 Å². The number of ether oxygens (including phenoxy) is 1. The molecule has 1 saturated heterocycles. The summed E-state index contributed by atoms with van der Waals surface area (Å²) in [6.07, 6.45) is 7.82. The molecule has 0 aromatic carbocycles. The van der Waals surface area contributed by atoms with E-state index < -0.39 is 0 Å². The van der Waals surface area contributed by atoms with Gasteiger partial charge in [0.2, 0.25) is 0 Å². The van der Waals surface area contributed by atoms with E-state index in [9.17, 15) is 4.79 Å². The van der Waals surface area contributed by atoms with Crippen molar-refractivity contribution in [3.05, 3.63) is 29.6 Å². The maximum Gasteiger partial charge on any atom is 0.184 e. The number of rotatable bonds is 3. The maximum atomic E-state index is 12.7. The number of carbonyl (C=O) groups is 1. The van der Waals surface area contributed by atoms with Crippen LogP contribution in [0, 0.1) is 5.92 Å². The number of pyridine rings is 1. The van der Waals surface area contributed by atoms with Crippen molar-refractivity contribution in [2.24, 2.45) is 5.92 Å². The fourth-order valence-corrected chi connectivity index (χ4v) is 3.31. The molecule has 1 saturated carbocycles. The second-order valence-electron chi connectivity index (χ2n) is 5.80. The van der Waals surface area contributed by atoms with Crippen molar-refractivity contribution >= 4 is 5.78 Å². The third kappa shape index (κ3) is 2.32. The van der Waals surface area contributed by atoms with Gasteiger partial charge in [-0.05, 0) is 50.2 Å². The number of hydrogen-bond donors (Lipinski definition) is 0. The van der Waals surface area contributed by atoms with E-state index in [1.165, 1.54) is 6.42 Å². The first-order valence-electron chi connectivity index (χ1n) is 7.36. The van der Waals surface area contributed by atoms with Crippen LogP contribution < -0.4 is 0 Å². The van der Waals surface area contributed by atoms with E-state index in [0.29, 0.717) is 5.69 Å². The summed E-state index contributed by atoms with van der Waals surface area (Å²) in [5.41, 5.74) is 1.78. The van der Waals surface area contributed by atoms with Crippen LogP contribution in [0.25, 0.3) is 0 Å². The Morgan fingerprint density at radius 1 is 1.53 bits per heavy atom. The number of aryl methyl sites for hydroxylation is 1. The third-order valence-electron chi connectivity index (χ3n) is 4.63. The number of hydrogen-bond acceptors (Lipinski definition) is 3. The number of aromatic nitrogens is 1. The van der Waals surface area contributed by atoms with Crippen molar-refractivity contribution in [1.29, 1.82) is 0 Å². The molecule has 1 aliphatic heterocycles. The van der Waals surface area contributed by atoms with Crippen molar-refractivity contribution < 1.29 is 9.53 Å². The predicted molar refractivity (Wildman–Crippen MR) is 73.2 cm³/mol. The van der Waals surface area contributed by atoms with Gasteiger partial charge in [-0.2, -0.15) is 0 Å². The Morgan fingerprint density at radius 2 is 2.37 bits per heavy atom. The molecule has 2 fully saturated rings. The van der Waals surface area contributed by atoms with Gasteiger partial charge in [-0.3, -0.25) is 9.78 Å². The highest BCUT2D eigenvalue weighted by Gasteiger charge is 2.44. The molecule has 1 aromatic rings. The van der Waals surface area contributed by atoms with Gasteiger partial charge in [0.15, 0.2) is 5.78 Å². The van der Waals surface area contributed by atoms with Crippen molar-refractivity contribution in [1.82, 2.24) is 4.98 Å². The van der Waals surface area contributed by atoms with Crippen LogP contribution in [0.5, 0.6) is 0 Å². The largest absolute Gasteiger partial charge is 0.375 e. The molecule has 0 bridgehead atoms. The summed E-state index contributed by atoms with van der Waals surface area (Å²) in [5.74, 6) is 0.335. The number of ketones is 1. The smallest absolute Gasteiger partial charge is 0.184 e. The molecule has 1 atom stereocenters. The average Bonchev–Trinajstić information content (AvgIpc) is 2.45. The Morgan fingerprint density at radius 3 is 3.05 bits per heavy atom. The SMILES string of the molecule is CCc1cccnc1C(=O)C1CCOC2(CCC2)C1. The summed E-state index contributed by atoms with van der Waals surface area (Å²) >= 11 is 0. The molecule has 0 N–H and O–H groups in total. The zero-order valence-corrected chi connectivity index (χ0v) is 11.5. The monoisotopic (exact) mass is 259 g/mol. The zero-order chi connectivity index (χ0) is 13.3. The summed E-state index contributed by atoms with van der Waals surface area (Å²) in [4.78, 5) is 17.0. The summed E-state index contributed by atoms with van der Waals surface area (Å²) < 4.78 is 5.90. The molecular formula is C16H21NO2. The lowest BCUT2D eigenvalue weighted by Gasteiger charge is -2.46. The van der Waals surface area contributed by atoms with Gasteiger partial charge >= 0.3 is 0 Å². The second kappa shape index (κ2) is 5.04. The fraction of sp³-hybridized carbons (Fsp3) is 0.625. The normalized spacial score (nSPS) is 25.0. The highest BCUT2D eigenvalue weighted by Crippen LogP contribution is 2.44. The quantitative estimate of drug-likeness (QED) is 0.783. The van der Waals surface area contributed by atoms with Gasteiger partial charge < -0.3 is 4.74 Å². The van der Waals surface area contributed by atoms with Crippen LogP contribution >= 0.6 is 0 Å². The Bertz CT molecular complexity index is 479. The minimum Gasteiger partial charge on any atom is -0.375 e. The van der Waals surface area contributed by atoms with E-state index >= 15 is 0 Å². The lowest BCUT2D eigenvalue weighted by molar-refractivity contribution is -0.137. The van der Waals surface area contributed by atoms with Gasteiger partial charge in [0.05, 0.1) is 5.60 Å². The van der Waals surface area contributed by atoms with E-state index in [-0.39, 0.29) is 17.3 Å².